The molecule has 3 rings (SSSR count). The zero-order chi connectivity index (χ0) is 20.8. The molecule has 3 aromatic rings. The van der Waals surface area contributed by atoms with Crippen LogP contribution in [0.2, 0.25) is 5.02 Å². The minimum atomic E-state index is -1.26. The number of carboxylic acid groups (broad SMARTS) is 1. The average Bonchev–Trinajstić information content (AvgIpc) is 2.70. The Morgan fingerprint density at radius 1 is 1.00 bits per heavy atom. The van der Waals surface area contributed by atoms with Crippen molar-refractivity contribution < 1.29 is 19.4 Å². The van der Waals surface area contributed by atoms with E-state index in [-0.39, 0.29) is 11.3 Å². The Balaban J connectivity index is 1.76. The smallest absolute Gasteiger partial charge is 0.352 e. The molecule has 29 heavy (non-hydrogen) atoms. The summed E-state index contributed by atoms with van der Waals surface area (Å²) in [5.41, 5.74) is 0.601. The van der Waals surface area contributed by atoms with Gasteiger partial charge in [-0.05, 0) is 70.0 Å². The van der Waals surface area contributed by atoms with Gasteiger partial charge in [0.25, 0.3) is 5.91 Å². The van der Waals surface area contributed by atoms with Gasteiger partial charge in [-0.3, -0.25) is 4.79 Å². The summed E-state index contributed by atoms with van der Waals surface area (Å²) < 4.78 is 6.60. The maximum Gasteiger partial charge on any atom is 0.352 e. The monoisotopic (exact) mass is 471 g/mol. The van der Waals surface area contributed by atoms with Crippen molar-refractivity contribution in [2.45, 2.75) is 0 Å². The number of nitrogens with one attached hydrogen (secondary N) is 1. The van der Waals surface area contributed by atoms with E-state index >= 15 is 0 Å². The molecule has 0 saturated heterocycles. The van der Waals surface area contributed by atoms with Gasteiger partial charge in [-0.1, -0.05) is 41.9 Å². The van der Waals surface area contributed by atoms with E-state index in [2.05, 4.69) is 21.2 Å². The van der Waals surface area contributed by atoms with Gasteiger partial charge in [-0.25, -0.2) is 4.79 Å². The van der Waals surface area contributed by atoms with Crippen LogP contribution < -0.4 is 10.1 Å². The van der Waals surface area contributed by atoms with Crippen molar-refractivity contribution in [2.75, 3.05) is 0 Å². The zero-order valence-corrected chi connectivity index (χ0v) is 17.3. The molecule has 0 fully saturated rings. The topological polar surface area (TPSA) is 75.6 Å². The van der Waals surface area contributed by atoms with E-state index in [0.29, 0.717) is 22.1 Å². The molecular weight excluding hydrogens is 458 g/mol. The fourth-order valence-corrected chi connectivity index (χ4v) is 2.98. The van der Waals surface area contributed by atoms with Crippen LogP contribution in [0.25, 0.3) is 6.08 Å². The van der Waals surface area contributed by atoms with Crippen molar-refractivity contribution in [3.05, 3.63) is 99.1 Å². The van der Waals surface area contributed by atoms with Crippen LogP contribution in [-0.2, 0) is 4.79 Å². The van der Waals surface area contributed by atoms with Gasteiger partial charge in [0.05, 0.1) is 4.47 Å². The third kappa shape index (κ3) is 5.70. The minimum absolute atomic E-state index is 0.255. The van der Waals surface area contributed by atoms with Gasteiger partial charge < -0.3 is 15.2 Å². The van der Waals surface area contributed by atoms with E-state index in [1.54, 1.807) is 42.5 Å². The molecule has 0 atom stereocenters. The molecule has 0 saturated carbocycles. The second kappa shape index (κ2) is 9.41. The molecule has 3 aromatic carbocycles. The summed E-state index contributed by atoms with van der Waals surface area (Å²) in [6, 6.07) is 20.5. The van der Waals surface area contributed by atoms with E-state index in [0.717, 1.165) is 4.47 Å². The largest absolute Gasteiger partial charge is 0.477 e. The number of carbonyl (C=O) groups is 2. The summed E-state index contributed by atoms with van der Waals surface area (Å²) in [5, 5.41) is 12.2. The number of ether oxygens (including phenoxy) is 1. The number of carbonyl (C=O) groups excluding carboxylic acids is 1. The van der Waals surface area contributed by atoms with E-state index < -0.39 is 11.9 Å². The summed E-state index contributed by atoms with van der Waals surface area (Å²) in [4.78, 5) is 23.8. The normalized spacial score (nSPS) is 11.0. The van der Waals surface area contributed by atoms with Crippen LogP contribution in [-0.4, -0.2) is 17.0 Å². The molecule has 0 spiro atoms. The van der Waals surface area contributed by atoms with E-state index in [1.807, 2.05) is 24.3 Å². The maximum atomic E-state index is 12.3. The zero-order valence-electron chi connectivity index (χ0n) is 14.9. The van der Waals surface area contributed by atoms with Gasteiger partial charge in [0, 0.05) is 10.6 Å². The first-order valence-corrected chi connectivity index (χ1v) is 9.64. The van der Waals surface area contributed by atoms with Crippen molar-refractivity contribution in [1.29, 1.82) is 0 Å². The summed E-state index contributed by atoms with van der Waals surface area (Å²) in [6.07, 6.45) is 1.37. The van der Waals surface area contributed by atoms with Crippen molar-refractivity contribution in [3.63, 3.8) is 0 Å². The Bertz CT molecular complexity index is 1080. The van der Waals surface area contributed by atoms with Crippen molar-refractivity contribution in [2.24, 2.45) is 0 Å². The predicted molar refractivity (Wildman–Crippen MR) is 115 cm³/mol. The van der Waals surface area contributed by atoms with Crippen LogP contribution in [0.15, 0.2) is 83.0 Å². The molecule has 0 bridgehead atoms. The van der Waals surface area contributed by atoms with Crippen LogP contribution in [0.5, 0.6) is 11.5 Å². The van der Waals surface area contributed by atoms with Crippen molar-refractivity contribution in [1.82, 2.24) is 5.32 Å². The van der Waals surface area contributed by atoms with Crippen LogP contribution in [0, 0.1) is 0 Å². The molecule has 2 N–H and O–H groups in total. The van der Waals surface area contributed by atoms with Crippen molar-refractivity contribution >= 4 is 45.5 Å². The lowest BCUT2D eigenvalue weighted by Crippen LogP contribution is -2.27. The minimum Gasteiger partial charge on any atom is -0.477 e. The summed E-state index contributed by atoms with van der Waals surface area (Å²) in [5.74, 6) is -0.561. The molecule has 0 aliphatic heterocycles. The SMILES string of the molecule is O=C(O)C(=Cc1ccc(Oc2ccccc2Br)cc1)NC(=O)c1cccc(Cl)c1. The molecule has 0 radical (unpaired) electrons. The Morgan fingerprint density at radius 3 is 2.38 bits per heavy atom. The highest BCUT2D eigenvalue weighted by atomic mass is 79.9. The Kier molecular flexibility index (Phi) is 6.69. The van der Waals surface area contributed by atoms with Gasteiger partial charge in [0.1, 0.15) is 17.2 Å². The molecule has 0 unspecified atom stereocenters. The van der Waals surface area contributed by atoms with Crippen LogP contribution in [0.4, 0.5) is 0 Å². The lowest BCUT2D eigenvalue weighted by molar-refractivity contribution is -0.132. The Hall–Kier alpha value is -3.09. The van der Waals surface area contributed by atoms with E-state index in [1.165, 1.54) is 12.1 Å². The number of amides is 1. The molecule has 0 aromatic heterocycles. The molecule has 146 valence electrons. The van der Waals surface area contributed by atoms with Gasteiger partial charge in [0.2, 0.25) is 0 Å². The second-order valence-corrected chi connectivity index (χ2v) is 7.22. The molecule has 0 aliphatic rings. The highest BCUT2D eigenvalue weighted by Crippen LogP contribution is 2.29. The number of para-hydroxylation sites is 1. The number of rotatable bonds is 6. The quantitative estimate of drug-likeness (QED) is 0.448. The summed E-state index contributed by atoms with van der Waals surface area (Å²) in [7, 11) is 0. The fraction of sp³-hybridized carbons (Fsp3) is 0. The molecule has 7 heteroatoms. The van der Waals surface area contributed by atoms with Crippen molar-refractivity contribution in [3.8, 4) is 11.5 Å². The predicted octanol–water partition coefficient (Wildman–Crippen LogP) is 5.75. The number of benzene rings is 3. The molecule has 0 aliphatic carbocycles. The first-order valence-electron chi connectivity index (χ1n) is 8.47. The average molecular weight is 473 g/mol. The van der Waals surface area contributed by atoms with Gasteiger partial charge in [0.15, 0.2) is 0 Å². The van der Waals surface area contributed by atoms with Gasteiger partial charge >= 0.3 is 5.97 Å². The molecular formula is C22H15BrClNO4. The third-order valence-corrected chi connectivity index (χ3v) is 4.71. The number of hydrogen-bond acceptors (Lipinski definition) is 3. The fourth-order valence-electron chi connectivity index (χ4n) is 2.43. The first-order chi connectivity index (χ1) is 13.9. The molecule has 1 amide bonds. The number of hydrogen-bond donors (Lipinski definition) is 2. The maximum absolute atomic E-state index is 12.3. The lowest BCUT2D eigenvalue weighted by atomic mass is 10.1. The number of halogens is 2. The number of aliphatic carboxylic acids is 1. The lowest BCUT2D eigenvalue weighted by Gasteiger charge is -2.09. The molecule has 0 heterocycles. The Labute approximate surface area is 180 Å². The number of carboxylic acids is 1. The summed E-state index contributed by atoms with van der Waals surface area (Å²) >= 11 is 9.29. The highest BCUT2D eigenvalue weighted by Gasteiger charge is 2.14. The first kappa shape index (κ1) is 20.6. The molecule has 5 nitrogen and oxygen atoms in total. The third-order valence-electron chi connectivity index (χ3n) is 3.82. The second-order valence-electron chi connectivity index (χ2n) is 5.93. The van der Waals surface area contributed by atoms with Crippen LogP contribution in [0.3, 0.4) is 0 Å². The van der Waals surface area contributed by atoms with E-state index in [9.17, 15) is 14.7 Å². The van der Waals surface area contributed by atoms with E-state index in [4.69, 9.17) is 16.3 Å². The van der Waals surface area contributed by atoms with Gasteiger partial charge in [-0.15, -0.1) is 0 Å². The van der Waals surface area contributed by atoms with Crippen LogP contribution in [0.1, 0.15) is 15.9 Å². The highest BCUT2D eigenvalue weighted by molar-refractivity contribution is 9.10. The van der Waals surface area contributed by atoms with Crippen LogP contribution >= 0.6 is 27.5 Å². The standard InChI is InChI=1S/C22H15BrClNO4/c23-18-6-1-2-7-20(18)29-17-10-8-14(9-11-17)12-19(22(27)28)25-21(26)15-4-3-5-16(24)13-15/h1-13H,(H,25,26)(H,27,28). The summed E-state index contributed by atoms with van der Waals surface area (Å²) in [6.45, 7) is 0. The Morgan fingerprint density at radius 2 is 1.72 bits per heavy atom. The van der Waals surface area contributed by atoms with Gasteiger partial charge in [-0.2, -0.15) is 0 Å².